The van der Waals surface area contributed by atoms with E-state index in [1.807, 2.05) is 53.4 Å². The van der Waals surface area contributed by atoms with Crippen molar-refractivity contribution in [1.82, 2.24) is 9.80 Å². The van der Waals surface area contributed by atoms with Gasteiger partial charge in [0.25, 0.3) is 0 Å². The minimum Gasteiger partial charge on any atom is -0.340 e. The minimum absolute atomic E-state index is 0.0196. The Kier molecular flexibility index (Phi) is 9.03. The third kappa shape index (κ3) is 7.07. The third-order valence-electron chi connectivity index (χ3n) is 5.57. The highest BCUT2D eigenvalue weighted by atomic mass is 16.2. The number of carbonyl (C=O) groups excluding carboxylic acids is 2. The van der Waals surface area contributed by atoms with E-state index in [4.69, 9.17) is 5.26 Å². The molecule has 2 aromatic carbocycles. The van der Waals surface area contributed by atoms with Gasteiger partial charge in [-0.1, -0.05) is 60.7 Å². The van der Waals surface area contributed by atoms with Crippen molar-refractivity contribution in [3.8, 4) is 6.07 Å². The molecule has 1 fully saturated rings. The second-order valence-corrected chi connectivity index (χ2v) is 7.78. The number of carbonyl (C=O) groups is 2. The average Bonchev–Trinajstić information content (AvgIpc) is 2.84. The first-order chi connectivity index (χ1) is 15.7. The van der Waals surface area contributed by atoms with Gasteiger partial charge in [-0.25, -0.2) is 0 Å². The van der Waals surface area contributed by atoms with Gasteiger partial charge in [-0.05, 0) is 17.7 Å². The lowest BCUT2D eigenvalue weighted by Crippen LogP contribution is -2.48. The van der Waals surface area contributed by atoms with Crippen LogP contribution in [0, 0.1) is 11.3 Å². The fraction of sp³-hybridized carbons (Fsp3) is 0.346. The van der Waals surface area contributed by atoms with Crippen LogP contribution < -0.4 is 4.90 Å². The van der Waals surface area contributed by atoms with E-state index in [1.165, 1.54) is 5.56 Å². The van der Waals surface area contributed by atoms with Crippen molar-refractivity contribution in [3.63, 3.8) is 0 Å². The highest BCUT2D eigenvalue weighted by molar-refractivity contribution is 5.95. The molecule has 0 saturated carbocycles. The zero-order valence-corrected chi connectivity index (χ0v) is 18.4. The first-order valence-electron chi connectivity index (χ1n) is 11.1. The van der Waals surface area contributed by atoms with Crippen molar-refractivity contribution in [2.75, 3.05) is 44.2 Å². The minimum atomic E-state index is -0.121. The largest absolute Gasteiger partial charge is 0.340 e. The summed E-state index contributed by atoms with van der Waals surface area (Å²) in [6.45, 7) is 4.23. The van der Waals surface area contributed by atoms with Gasteiger partial charge in [0.05, 0.1) is 12.5 Å². The highest BCUT2D eigenvalue weighted by Crippen LogP contribution is 2.16. The predicted octanol–water partition coefficient (Wildman–Crippen LogP) is 3.57. The molecule has 0 aromatic heterocycles. The van der Waals surface area contributed by atoms with Gasteiger partial charge in [-0.2, -0.15) is 5.26 Å². The Morgan fingerprint density at radius 3 is 2.25 bits per heavy atom. The van der Waals surface area contributed by atoms with Crippen LogP contribution in [0.5, 0.6) is 0 Å². The average molecular weight is 431 g/mol. The number of anilines is 1. The summed E-state index contributed by atoms with van der Waals surface area (Å²) >= 11 is 0. The van der Waals surface area contributed by atoms with Crippen LogP contribution in [-0.4, -0.2) is 60.9 Å². The second kappa shape index (κ2) is 12.4. The molecule has 0 atom stereocenters. The van der Waals surface area contributed by atoms with Gasteiger partial charge >= 0.3 is 0 Å². The van der Waals surface area contributed by atoms with Gasteiger partial charge in [-0.3, -0.25) is 14.5 Å². The SMILES string of the molecule is N#CCCN(C(=O)CCC(=O)N1CCN(C/C=C/c2ccccc2)CC1)c1ccccc1. The molecule has 0 spiro atoms. The summed E-state index contributed by atoms with van der Waals surface area (Å²) in [6, 6.07) is 21.6. The van der Waals surface area contributed by atoms with Gasteiger partial charge in [0, 0.05) is 57.8 Å². The van der Waals surface area contributed by atoms with Crippen LogP contribution in [0.3, 0.4) is 0 Å². The number of para-hydroxylation sites is 1. The van der Waals surface area contributed by atoms with E-state index in [1.54, 1.807) is 4.90 Å². The van der Waals surface area contributed by atoms with Gasteiger partial charge in [0.15, 0.2) is 0 Å². The predicted molar refractivity (Wildman–Crippen MR) is 127 cm³/mol. The zero-order valence-electron chi connectivity index (χ0n) is 18.4. The van der Waals surface area contributed by atoms with E-state index in [0.29, 0.717) is 19.6 Å². The third-order valence-corrected chi connectivity index (χ3v) is 5.57. The molecule has 1 aliphatic heterocycles. The number of amides is 2. The molecule has 166 valence electrons. The van der Waals surface area contributed by atoms with Gasteiger partial charge in [-0.15, -0.1) is 0 Å². The lowest BCUT2D eigenvalue weighted by atomic mass is 10.2. The van der Waals surface area contributed by atoms with E-state index < -0.39 is 0 Å². The molecule has 6 heteroatoms. The number of piperazine rings is 1. The van der Waals surface area contributed by atoms with Crippen LogP contribution in [0.1, 0.15) is 24.8 Å². The lowest BCUT2D eigenvalue weighted by molar-refractivity contribution is -0.134. The molecule has 0 N–H and O–H groups in total. The van der Waals surface area contributed by atoms with Crippen molar-refractivity contribution >= 4 is 23.6 Å². The van der Waals surface area contributed by atoms with Crippen molar-refractivity contribution in [2.24, 2.45) is 0 Å². The summed E-state index contributed by atoms with van der Waals surface area (Å²) < 4.78 is 0. The van der Waals surface area contributed by atoms with Crippen molar-refractivity contribution in [2.45, 2.75) is 19.3 Å². The molecule has 32 heavy (non-hydrogen) atoms. The summed E-state index contributed by atoms with van der Waals surface area (Å²) in [4.78, 5) is 31.2. The number of hydrogen-bond acceptors (Lipinski definition) is 4. The van der Waals surface area contributed by atoms with Gasteiger partial charge in [0.2, 0.25) is 11.8 Å². The van der Waals surface area contributed by atoms with Crippen LogP contribution in [0.4, 0.5) is 5.69 Å². The standard InChI is InChI=1S/C26H30N4O2/c27-16-8-18-30(24-12-5-2-6-13-24)26(32)15-14-25(31)29-21-19-28(20-22-29)17-7-11-23-9-3-1-4-10-23/h1-7,9-13H,8,14-15,17-22H2/b11-7+. The maximum absolute atomic E-state index is 12.8. The molecular weight excluding hydrogens is 400 g/mol. The zero-order chi connectivity index (χ0) is 22.6. The molecule has 0 radical (unpaired) electrons. The Labute approximate surface area is 190 Å². The molecule has 2 amide bonds. The summed E-state index contributed by atoms with van der Waals surface area (Å²) in [5.41, 5.74) is 1.95. The summed E-state index contributed by atoms with van der Waals surface area (Å²) in [6.07, 6.45) is 4.88. The summed E-state index contributed by atoms with van der Waals surface area (Å²) in [5, 5.41) is 8.91. The Morgan fingerprint density at radius 1 is 0.938 bits per heavy atom. The number of rotatable bonds is 9. The lowest BCUT2D eigenvalue weighted by Gasteiger charge is -2.34. The van der Waals surface area contributed by atoms with Crippen molar-refractivity contribution in [3.05, 3.63) is 72.3 Å². The van der Waals surface area contributed by atoms with E-state index in [9.17, 15) is 9.59 Å². The maximum Gasteiger partial charge on any atom is 0.227 e. The Hall–Kier alpha value is -3.43. The molecule has 1 saturated heterocycles. The Morgan fingerprint density at radius 2 is 1.59 bits per heavy atom. The normalized spacial score (nSPS) is 14.3. The van der Waals surface area contributed by atoms with Crippen LogP contribution in [0.15, 0.2) is 66.7 Å². The fourth-order valence-corrected chi connectivity index (χ4v) is 3.76. The topological polar surface area (TPSA) is 67.6 Å². The molecular formula is C26H30N4O2. The van der Waals surface area contributed by atoms with Crippen molar-refractivity contribution in [1.29, 1.82) is 5.26 Å². The first kappa shape index (κ1) is 23.2. The van der Waals surface area contributed by atoms with Crippen molar-refractivity contribution < 1.29 is 9.59 Å². The quantitative estimate of drug-likeness (QED) is 0.610. The smallest absolute Gasteiger partial charge is 0.227 e. The molecule has 0 bridgehead atoms. The van der Waals surface area contributed by atoms with Gasteiger partial charge in [0.1, 0.15) is 0 Å². The Balaban J connectivity index is 1.42. The molecule has 0 unspecified atom stereocenters. The fourth-order valence-electron chi connectivity index (χ4n) is 3.76. The van der Waals surface area contributed by atoms with Crippen LogP contribution in [0.25, 0.3) is 6.08 Å². The van der Waals surface area contributed by atoms with Gasteiger partial charge < -0.3 is 9.80 Å². The number of nitriles is 1. The molecule has 1 aliphatic rings. The molecule has 6 nitrogen and oxygen atoms in total. The summed E-state index contributed by atoms with van der Waals surface area (Å²) in [7, 11) is 0. The highest BCUT2D eigenvalue weighted by Gasteiger charge is 2.22. The summed E-state index contributed by atoms with van der Waals surface area (Å²) in [5.74, 6) is -0.101. The van der Waals surface area contributed by atoms with E-state index >= 15 is 0 Å². The molecule has 2 aromatic rings. The molecule has 0 aliphatic carbocycles. The molecule has 3 rings (SSSR count). The first-order valence-corrected chi connectivity index (χ1v) is 11.1. The number of nitrogens with zero attached hydrogens (tertiary/aromatic N) is 4. The van der Waals surface area contributed by atoms with Crippen LogP contribution in [-0.2, 0) is 9.59 Å². The maximum atomic E-state index is 12.8. The molecule has 1 heterocycles. The van der Waals surface area contributed by atoms with E-state index in [2.05, 4.69) is 35.3 Å². The van der Waals surface area contributed by atoms with Crippen LogP contribution in [0.2, 0.25) is 0 Å². The Bertz CT molecular complexity index is 929. The van der Waals surface area contributed by atoms with Crippen LogP contribution >= 0.6 is 0 Å². The van der Waals surface area contributed by atoms with E-state index in [0.717, 1.165) is 25.3 Å². The second-order valence-electron chi connectivity index (χ2n) is 7.78. The monoisotopic (exact) mass is 430 g/mol. The van der Waals surface area contributed by atoms with E-state index in [-0.39, 0.29) is 31.1 Å². The number of benzene rings is 2. The number of hydrogen-bond donors (Lipinski definition) is 0.